The number of hydrogen-bond acceptors (Lipinski definition) is 4. The summed E-state index contributed by atoms with van der Waals surface area (Å²) in [6.07, 6.45) is 0. The molecule has 0 bridgehead atoms. The Bertz CT molecular complexity index is 575. The van der Waals surface area contributed by atoms with Gasteiger partial charge in [0.05, 0.1) is 10.6 Å². The minimum Gasteiger partial charge on any atom is -0.456 e. The van der Waals surface area contributed by atoms with E-state index in [1.54, 1.807) is 20.8 Å². The highest BCUT2D eigenvalue weighted by molar-refractivity contribution is 7.89. The second kappa shape index (κ2) is 4.87. The maximum Gasteiger partial charge on any atom is 0.338 e. The molecule has 18 heavy (non-hydrogen) atoms. The Morgan fingerprint density at radius 3 is 2.33 bits per heavy atom. The Labute approximate surface area is 111 Å². The van der Waals surface area contributed by atoms with E-state index in [2.05, 4.69) is 0 Å². The van der Waals surface area contributed by atoms with Gasteiger partial charge in [-0.25, -0.2) is 18.4 Å². The van der Waals surface area contributed by atoms with E-state index in [0.29, 0.717) is 0 Å². The molecule has 0 aliphatic heterocycles. The molecule has 2 N–H and O–H groups in total. The number of ether oxygens (including phenoxy) is 1. The standard InChI is InChI=1S/C11H14ClNO4S/c1-11(2,3)17-10(14)7-4-5-8(12)9(6-7)18(13,15)16/h4-6H,1-3H3,(H2,13,15,16). The first-order valence-corrected chi connectivity index (χ1v) is 6.99. The number of carbonyl (C=O) groups is 1. The first-order chi connectivity index (χ1) is 8.00. The molecule has 100 valence electrons. The quantitative estimate of drug-likeness (QED) is 0.844. The van der Waals surface area contributed by atoms with Crippen molar-refractivity contribution >= 4 is 27.6 Å². The topological polar surface area (TPSA) is 86.5 Å². The number of carbonyl (C=O) groups excluding carboxylic acids is 1. The summed E-state index contributed by atoms with van der Waals surface area (Å²) in [6.45, 7) is 5.13. The molecule has 1 aromatic carbocycles. The van der Waals surface area contributed by atoms with Crippen molar-refractivity contribution in [2.45, 2.75) is 31.3 Å². The third-order valence-electron chi connectivity index (χ3n) is 1.87. The predicted octanol–water partition coefficient (Wildman–Crippen LogP) is 1.94. The molecule has 0 unspecified atom stereocenters. The average Bonchev–Trinajstić information content (AvgIpc) is 2.13. The van der Waals surface area contributed by atoms with E-state index >= 15 is 0 Å². The summed E-state index contributed by atoms with van der Waals surface area (Å²) in [6, 6.07) is 3.78. The van der Waals surface area contributed by atoms with Gasteiger partial charge in [-0.1, -0.05) is 11.6 Å². The lowest BCUT2D eigenvalue weighted by atomic mass is 10.1. The summed E-state index contributed by atoms with van der Waals surface area (Å²) in [4.78, 5) is 11.5. The highest BCUT2D eigenvalue weighted by atomic mass is 35.5. The Morgan fingerprint density at radius 1 is 1.33 bits per heavy atom. The summed E-state index contributed by atoms with van der Waals surface area (Å²) < 4.78 is 27.6. The van der Waals surface area contributed by atoms with Crippen LogP contribution in [0.4, 0.5) is 0 Å². The number of esters is 1. The predicted molar refractivity (Wildman–Crippen MR) is 68.0 cm³/mol. The molecule has 1 rings (SSSR count). The number of nitrogens with two attached hydrogens (primary N) is 1. The van der Waals surface area contributed by atoms with Crippen LogP contribution >= 0.6 is 11.6 Å². The van der Waals surface area contributed by atoms with Gasteiger partial charge in [-0.05, 0) is 39.0 Å². The second-order valence-corrected chi connectivity index (χ2v) is 6.63. The van der Waals surface area contributed by atoms with Gasteiger partial charge in [-0.3, -0.25) is 0 Å². The van der Waals surface area contributed by atoms with Crippen molar-refractivity contribution < 1.29 is 17.9 Å². The maximum absolute atomic E-state index is 11.7. The number of sulfonamides is 1. The third-order valence-corrected chi connectivity index (χ3v) is 3.26. The average molecular weight is 292 g/mol. The SMILES string of the molecule is CC(C)(C)OC(=O)c1ccc(Cl)c(S(N)(=O)=O)c1. The molecule has 0 aromatic heterocycles. The van der Waals surface area contributed by atoms with Gasteiger partial charge in [0.25, 0.3) is 0 Å². The zero-order chi connectivity index (χ0) is 14.1. The fraction of sp³-hybridized carbons (Fsp3) is 0.364. The van der Waals surface area contributed by atoms with Crippen LogP contribution in [0.3, 0.4) is 0 Å². The third kappa shape index (κ3) is 3.97. The molecule has 0 radical (unpaired) electrons. The molecule has 0 aliphatic rings. The molecule has 5 nitrogen and oxygen atoms in total. The normalized spacial score (nSPS) is 12.3. The number of rotatable bonds is 2. The van der Waals surface area contributed by atoms with Gasteiger partial charge in [0.1, 0.15) is 10.5 Å². The van der Waals surface area contributed by atoms with Gasteiger partial charge >= 0.3 is 5.97 Å². The number of halogens is 1. The lowest BCUT2D eigenvalue weighted by Crippen LogP contribution is -2.24. The minimum atomic E-state index is -3.97. The summed E-state index contributed by atoms with van der Waals surface area (Å²) >= 11 is 5.71. The maximum atomic E-state index is 11.7. The van der Waals surface area contributed by atoms with Gasteiger partial charge in [-0.2, -0.15) is 0 Å². The molecule has 7 heteroatoms. The fourth-order valence-corrected chi connectivity index (χ4v) is 2.26. The highest BCUT2D eigenvalue weighted by Crippen LogP contribution is 2.22. The smallest absolute Gasteiger partial charge is 0.338 e. The molecule has 0 saturated heterocycles. The monoisotopic (exact) mass is 291 g/mol. The van der Waals surface area contributed by atoms with Gasteiger partial charge in [0, 0.05) is 0 Å². The van der Waals surface area contributed by atoms with Crippen molar-refractivity contribution in [3.05, 3.63) is 28.8 Å². The minimum absolute atomic E-state index is 0.0372. The Hall–Kier alpha value is -1.11. The number of hydrogen-bond donors (Lipinski definition) is 1. The Morgan fingerprint density at radius 2 is 1.89 bits per heavy atom. The summed E-state index contributed by atoms with van der Waals surface area (Å²) in [5.74, 6) is -0.635. The summed E-state index contributed by atoms with van der Waals surface area (Å²) in [7, 11) is -3.97. The molecule has 1 aromatic rings. The van der Waals surface area contributed by atoms with Crippen LogP contribution in [0.1, 0.15) is 31.1 Å². The molecule has 0 fully saturated rings. The van der Waals surface area contributed by atoms with E-state index < -0.39 is 21.6 Å². The van der Waals surface area contributed by atoms with Crippen LogP contribution in [0.15, 0.2) is 23.1 Å². The van der Waals surface area contributed by atoms with Crippen LogP contribution in [0, 0.1) is 0 Å². The molecule has 0 saturated carbocycles. The van der Waals surface area contributed by atoms with Crippen LogP contribution in [-0.4, -0.2) is 20.0 Å². The van der Waals surface area contributed by atoms with Crippen LogP contribution in [0.25, 0.3) is 0 Å². The Kier molecular flexibility index (Phi) is 4.05. The number of benzene rings is 1. The fourth-order valence-electron chi connectivity index (χ4n) is 1.19. The van der Waals surface area contributed by atoms with Crippen LogP contribution in [-0.2, 0) is 14.8 Å². The Balaban J connectivity index is 3.18. The van der Waals surface area contributed by atoms with Crippen LogP contribution < -0.4 is 5.14 Å². The zero-order valence-electron chi connectivity index (χ0n) is 10.2. The van der Waals surface area contributed by atoms with Crippen molar-refractivity contribution in [3.8, 4) is 0 Å². The molecular weight excluding hydrogens is 278 g/mol. The van der Waals surface area contributed by atoms with E-state index in [1.165, 1.54) is 12.1 Å². The molecule has 0 amide bonds. The van der Waals surface area contributed by atoms with E-state index in [-0.39, 0.29) is 15.5 Å². The first-order valence-electron chi connectivity index (χ1n) is 5.06. The summed E-state index contributed by atoms with van der Waals surface area (Å²) in [5.41, 5.74) is -0.586. The van der Waals surface area contributed by atoms with E-state index in [4.69, 9.17) is 21.5 Å². The molecule has 0 aliphatic carbocycles. The second-order valence-electron chi connectivity index (χ2n) is 4.69. The van der Waals surface area contributed by atoms with E-state index in [1.807, 2.05) is 0 Å². The van der Waals surface area contributed by atoms with E-state index in [9.17, 15) is 13.2 Å². The lowest BCUT2D eigenvalue weighted by Gasteiger charge is -2.19. The van der Waals surface area contributed by atoms with Crippen LogP contribution in [0.2, 0.25) is 5.02 Å². The first kappa shape index (κ1) is 14.9. The highest BCUT2D eigenvalue weighted by Gasteiger charge is 2.21. The molecular formula is C11H14ClNO4S. The van der Waals surface area contributed by atoms with Crippen molar-refractivity contribution in [2.24, 2.45) is 5.14 Å². The van der Waals surface area contributed by atoms with Gasteiger partial charge in [0.2, 0.25) is 10.0 Å². The van der Waals surface area contributed by atoms with E-state index in [0.717, 1.165) is 6.07 Å². The summed E-state index contributed by atoms with van der Waals surface area (Å²) in [5, 5.41) is 4.95. The zero-order valence-corrected chi connectivity index (χ0v) is 11.8. The lowest BCUT2D eigenvalue weighted by molar-refractivity contribution is 0.00693. The van der Waals surface area contributed by atoms with Crippen molar-refractivity contribution in [3.63, 3.8) is 0 Å². The van der Waals surface area contributed by atoms with Gasteiger partial charge < -0.3 is 4.74 Å². The molecule has 0 spiro atoms. The molecule has 0 atom stereocenters. The van der Waals surface area contributed by atoms with Crippen molar-refractivity contribution in [1.29, 1.82) is 0 Å². The number of primary sulfonamides is 1. The van der Waals surface area contributed by atoms with Crippen LogP contribution in [0.5, 0.6) is 0 Å². The van der Waals surface area contributed by atoms with Gasteiger partial charge in [-0.15, -0.1) is 0 Å². The largest absolute Gasteiger partial charge is 0.456 e. The van der Waals surface area contributed by atoms with Crippen molar-refractivity contribution in [2.75, 3.05) is 0 Å². The van der Waals surface area contributed by atoms with Crippen molar-refractivity contribution in [1.82, 2.24) is 0 Å². The molecule has 0 heterocycles. The van der Waals surface area contributed by atoms with Gasteiger partial charge in [0.15, 0.2) is 0 Å².